The number of sulfonamides is 1. The highest BCUT2D eigenvalue weighted by Crippen LogP contribution is 2.20. The molecule has 0 aromatic carbocycles. The Bertz CT molecular complexity index is 453. The second kappa shape index (κ2) is 7.41. The maximum atomic E-state index is 11.9. The summed E-state index contributed by atoms with van der Waals surface area (Å²) in [6.45, 7) is -1.47. The summed E-state index contributed by atoms with van der Waals surface area (Å²) in [6.07, 6.45) is -1.55. The first kappa shape index (κ1) is 18.2. The number of ether oxygens (including phenoxy) is 1. The van der Waals surface area contributed by atoms with Gasteiger partial charge in [0.05, 0.1) is 12.9 Å². The van der Waals surface area contributed by atoms with Crippen molar-refractivity contribution in [2.45, 2.75) is 31.5 Å². The molecule has 0 aromatic heterocycles. The van der Waals surface area contributed by atoms with Crippen molar-refractivity contribution < 1.29 is 31.1 Å². The number of hydrogen-bond acceptors (Lipinski definition) is 4. The zero-order valence-electron chi connectivity index (χ0n) is 11.6. The molecule has 0 radical (unpaired) electrons. The van der Waals surface area contributed by atoms with Crippen LogP contribution in [-0.2, 0) is 19.6 Å². The third-order valence-electron chi connectivity index (χ3n) is 2.99. The summed E-state index contributed by atoms with van der Waals surface area (Å²) in [5.41, 5.74) is 0. The van der Waals surface area contributed by atoms with Crippen molar-refractivity contribution >= 4 is 15.9 Å². The van der Waals surface area contributed by atoms with Crippen LogP contribution in [0.15, 0.2) is 0 Å². The predicted molar refractivity (Wildman–Crippen MR) is 69.1 cm³/mol. The number of alkyl halides is 3. The van der Waals surface area contributed by atoms with E-state index in [1.807, 2.05) is 0 Å². The second-order valence-electron chi connectivity index (χ2n) is 4.84. The van der Waals surface area contributed by atoms with Crippen LogP contribution in [0.4, 0.5) is 13.2 Å². The summed E-state index contributed by atoms with van der Waals surface area (Å²) in [4.78, 5) is 11.9. The molecule has 1 aliphatic rings. The number of nitrogens with zero attached hydrogens (tertiary/aromatic N) is 1. The largest absolute Gasteiger partial charge is 0.411 e. The molecular formula is C11H19F3N2O4S. The molecule has 1 unspecified atom stereocenters. The van der Waals surface area contributed by atoms with Crippen LogP contribution >= 0.6 is 0 Å². The van der Waals surface area contributed by atoms with E-state index in [2.05, 4.69) is 10.1 Å². The Morgan fingerprint density at radius 3 is 2.62 bits per heavy atom. The van der Waals surface area contributed by atoms with Gasteiger partial charge in [-0.3, -0.25) is 4.79 Å². The van der Waals surface area contributed by atoms with Gasteiger partial charge in [-0.1, -0.05) is 6.42 Å². The molecule has 0 aliphatic carbocycles. The quantitative estimate of drug-likeness (QED) is 0.719. The summed E-state index contributed by atoms with van der Waals surface area (Å²) in [5.74, 6) is -0.504. The summed E-state index contributed by atoms with van der Waals surface area (Å²) >= 11 is 0. The van der Waals surface area contributed by atoms with Gasteiger partial charge in [0.25, 0.3) is 0 Å². The minimum Gasteiger partial charge on any atom is -0.370 e. The van der Waals surface area contributed by atoms with Crippen LogP contribution in [0.1, 0.15) is 19.3 Å². The van der Waals surface area contributed by atoms with Gasteiger partial charge in [0.1, 0.15) is 12.6 Å². The average Bonchev–Trinajstić information content (AvgIpc) is 2.35. The van der Waals surface area contributed by atoms with E-state index < -0.39 is 34.8 Å². The van der Waals surface area contributed by atoms with Crippen LogP contribution in [0.5, 0.6) is 0 Å². The Hall–Kier alpha value is -0.870. The number of carbonyl (C=O) groups excluding carboxylic acids is 1. The van der Waals surface area contributed by atoms with Gasteiger partial charge in [-0.25, -0.2) is 8.42 Å². The molecule has 1 amide bonds. The molecular weight excluding hydrogens is 313 g/mol. The number of amides is 1. The molecule has 6 nitrogen and oxygen atoms in total. The highest BCUT2D eigenvalue weighted by atomic mass is 32.2. The molecule has 124 valence electrons. The van der Waals surface area contributed by atoms with Crippen molar-refractivity contribution in [1.82, 2.24) is 9.62 Å². The summed E-state index contributed by atoms with van der Waals surface area (Å²) in [6, 6.07) is -0.795. The average molecular weight is 332 g/mol. The molecule has 1 rings (SSSR count). The molecule has 1 saturated heterocycles. The lowest BCUT2D eigenvalue weighted by molar-refractivity contribution is -0.173. The lowest BCUT2D eigenvalue weighted by atomic mass is 10.0. The van der Waals surface area contributed by atoms with Crippen LogP contribution in [0.2, 0.25) is 0 Å². The van der Waals surface area contributed by atoms with E-state index in [-0.39, 0.29) is 19.7 Å². The molecule has 1 N–H and O–H groups in total. The fourth-order valence-electron chi connectivity index (χ4n) is 2.12. The highest BCUT2D eigenvalue weighted by molar-refractivity contribution is 7.88. The SMILES string of the molecule is CS(=O)(=O)N1CCCCC1C(=O)NCCOCC(F)(F)F. The Morgan fingerprint density at radius 1 is 1.38 bits per heavy atom. The van der Waals surface area contributed by atoms with Crippen molar-refractivity contribution in [1.29, 1.82) is 0 Å². The number of nitrogens with one attached hydrogen (secondary N) is 1. The zero-order chi connectivity index (χ0) is 16.1. The van der Waals surface area contributed by atoms with E-state index in [0.717, 1.165) is 17.0 Å². The van der Waals surface area contributed by atoms with E-state index in [1.165, 1.54) is 0 Å². The highest BCUT2D eigenvalue weighted by Gasteiger charge is 2.34. The smallest absolute Gasteiger partial charge is 0.370 e. The Labute approximate surface area is 121 Å². The lowest BCUT2D eigenvalue weighted by Crippen LogP contribution is -2.51. The molecule has 0 aromatic rings. The van der Waals surface area contributed by atoms with Gasteiger partial charge >= 0.3 is 6.18 Å². The van der Waals surface area contributed by atoms with Crippen molar-refractivity contribution in [2.24, 2.45) is 0 Å². The number of hydrogen-bond donors (Lipinski definition) is 1. The van der Waals surface area contributed by atoms with Crippen molar-refractivity contribution in [3.8, 4) is 0 Å². The molecule has 1 fully saturated rings. The molecule has 1 atom stereocenters. The van der Waals surface area contributed by atoms with Crippen molar-refractivity contribution in [3.63, 3.8) is 0 Å². The van der Waals surface area contributed by atoms with E-state index in [1.54, 1.807) is 0 Å². The topological polar surface area (TPSA) is 75.7 Å². The lowest BCUT2D eigenvalue weighted by Gasteiger charge is -2.32. The van der Waals surface area contributed by atoms with Gasteiger partial charge in [0.2, 0.25) is 15.9 Å². The van der Waals surface area contributed by atoms with Gasteiger partial charge in [-0.05, 0) is 12.8 Å². The fourth-order valence-corrected chi connectivity index (χ4v) is 3.24. The van der Waals surface area contributed by atoms with Gasteiger partial charge in [0.15, 0.2) is 0 Å². The Balaban J connectivity index is 2.39. The van der Waals surface area contributed by atoms with E-state index in [4.69, 9.17) is 0 Å². The van der Waals surface area contributed by atoms with E-state index >= 15 is 0 Å². The summed E-state index contributed by atoms with van der Waals surface area (Å²) in [5, 5.41) is 2.40. The number of halogens is 3. The third-order valence-corrected chi connectivity index (χ3v) is 4.28. The number of carbonyl (C=O) groups is 1. The first-order chi connectivity index (χ1) is 9.61. The second-order valence-corrected chi connectivity index (χ2v) is 6.78. The van der Waals surface area contributed by atoms with Gasteiger partial charge < -0.3 is 10.1 Å². The van der Waals surface area contributed by atoms with Crippen LogP contribution in [0.25, 0.3) is 0 Å². The molecule has 10 heteroatoms. The summed E-state index contributed by atoms with van der Waals surface area (Å²) in [7, 11) is -3.48. The fraction of sp³-hybridized carbons (Fsp3) is 0.909. The van der Waals surface area contributed by atoms with E-state index in [9.17, 15) is 26.4 Å². The minimum absolute atomic E-state index is 0.0942. The molecule has 1 heterocycles. The van der Waals surface area contributed by atoms with Gasteiger partial charge in [-0.2, -0.15) is 17.5 Å². The third kappa shape index (κ3) is 6.62. The molecule has 21 heavy (non-hydrogen) atoms. The van der Waals surface area contributed by atoms with Crippen molar-refractivity contribution in [2.75, 3.05) is 32.6 Å². The molecule has 0 saturated carbocycles. The monoisotopic (exact) mass is 332 g/mol. The Kier molecular flexibility index (Phi) is 6.41. The molecule has 1 aliphatic heterocycles. The molecule has 0 spiro atoms. The van der Waals surface area contributed by atoms with Crippen molar-refractivity contribution in [3.05, 3.63) is 0 Å². The maximum Gasteiger partial charge on any atom is 0.411 e. The van der Waals surface area contributed by atoms with Gasteiger partial charge in [-0.15, -0.1) is 0 Å². The van der Waals surface area contributed by atoms with Crippen LogP contribution in [-0.4, -0.2) is 63.4 Å². The first-order valence-corrected chi connectivity index (χ1v) is 8.35. The zero-order valence-corrected chi connectivity index (χ0v) is 12.5. The Morgan fingerprint density at radius 2 is 2.05 bits per heavy atom. The van der Waals surface area contributed by atoms with Crippen LogP contribution in [0, 0.1) is 0 Å². The van der Waals surface area contributed by atoms with Gasteiger partial charge in [0, 0.05) is 13.1 Å². The predicted octanol–water partition coefficient (Wildman–Crippen LogP) is 0.496. The molecule has 0 bridgehead atoms. The maximum absolute atomic E-state index is 11.9. The van der Waals surface area contributed by atoms with Crippen LogP contribution < -0.4 is 5.32 Å². The standard InChI is InChI=1S/C11H19F3N2O4S/c1-21(18,19)16-6-3-2-4-9(16)10(17)15-5-7-20-8-11(12,13)14/h9H,2-8H2,1H3,(H,15,17). The number of rotatable bonds is 6. The summed E-state index contributed by atoms with van der Waals surface area (Å²) < 4.78 is 64.1. The first-order valence-electron chi connectivity index (χ1n) is 6.50. The van der Waals surface area contributed by atoms with Crippen LogP contribution in [0.3, 0.4) is 0 Å². The number of piperidine rings is 1. The minimum atomic E-state index is -4.40. The normalized spacial score (nSPS) is 21.2. The van der Waals surface area contributed by atoms with E-state index in [0.29, 0.717) is 12.8 Å².